The van der Waals surface area contributed by atoms with Gasteiger partial charge in [-0.2, -0.15) is 0 Å². The van der Waals surface area contributed by atoms with E-state index in [1.54, 1.807) is 11.1 Å². The van der Waals surface area contributed by atoms with Gasteiger partial charge in [-0.25, -0.2) is 0 Å². The third-order valence-electron chi connectivity index (χ3n) is 6.78. The Balaban J connectivity index is 1.70. The van der Waals surface area contributed by atoms with Crippen molar-refractivity contribution in [2.45, 2.75) is 72.1 Å². The van der Waals surface area contributed by atoms with Crippen LogP contribution in [0.25, 0.3) is 0 Å². The summed E-state index contributed by atoms with van der Waals surface area (Å²) in [7, 11) is 0. The quantitative estimate of drug-likeness (QED) is 0.498. The minimum Gasteiger partial charge on any atom is -0.0996 e. The predicted octanol–water partition coefficient (Wildman–Crippen LogP) is 6.70. The first-order chi connectivity index (χ1) is 10.6. The molecule has 3 fully saturated rings. The Labute approximate surface area is 137 Å². The van der Waals surface area contributed by atoms with Gasteiger partial charge >= 0.3 is 0 Å². The van der Waals surface area contributed by atoms with Gasteiger partial charge < -0.3 is 0 Å². The minimum absolute atomic E-state index is 0.689. The van der Waals surface area contributed by atoms with Crippen LogP contribution in [-0.2, 0) is 0 Å². The Morgan fingerprint density at radius 3 is 2.59 bits per heavy atom. The van der Waals surface area contributed by atoms with Gasteiger partial charge in [0.05, 0.1) is 0 Å². The topological polar surface area (TPSA) is 0 Å². The van der Waals surface area contributed by atoms with Crippen molar-refractivity contribution in [2.75, 3.05) is 0 Å². The summed E-state index contributed by atoms with van der Waals surface area (Å²) in [6.45, 7) is 11.4. The van der Waals surface area contributed by atoms with Crippen molar-refractivity contribution in [1.29, 1.82) is 0 Å². The Hall–Kier alpha value is -0.780. The molecule has 0 heteroatoms. The number of rotatable bonds is 2. The Kier molecular flexibility index (Phi) is 4.95. The number of allylic oxidation sites excluding steroid dienone is 5. The standard InChI is InChI=1S/C22H34/c1-15(2)20-12-13-21-19(6-5-7-22(20)21)11-10-18-9-8-16(3)17(4)14-18/h10-11,15,17,20-22H,3,5-9,12-14H2,1-2,4H3/b18-10-,19-11+/t17?,20?,21-,22?/m0/s1. The maximum absolute atomic E-state index is 4.21. The molecule has 3 aliphatic carbocycles. The normalized spacial score (nSPS) is 39.7. The molecule has 0 amide bonds. The van der Waals surface area contributed by atoms with Crippen LogP contribution >= 0.6 is 0 Å². The number of fused-ring (bicyclic) bond motifs is 1. The van der Waals surface area contributed by atoms with Crippen molar-refractivity contribution >= 4 is 0 Å². The summed E-state index contributed by atoms with van der Waals surface area (Å²) in [5.74, 6) is 4.45. The van der Waals surface area contributed by atoms with E-state index in [0.29, 0.717) is 5.92 Å². The highest BCUT2D eigenvalue weighted by molar-refractivity contribution is 5.26. The second-order valence-corrected chi connectivity index (χ2v) is 8.48. The van der Waals surface area contributed by atoms with Crippen LogP contribution in [0.5, 0.6) is 0 Å². The fourth-order valence-corrected chi connectivity index (χ4v) is 5.32. The highest BCUT2D eigenvalue weighted by Gasteiger charge is 2.40. The predicted molar refractivity (Wildman–Crippen MR) is 96.7 cm³/mol. The molecule has 22 heavy (non-hydrogen) atoms. The van der Waals surface area contributed by atoms with Crippen LogP contribution in [-0.4, -0.2) is 0 Å². The summed E-state index contributed by atoms with van der Waals surface area (Å²) < 4.78 is 0. The molecule has 0 nitrogen and oxygen atoms in total. The smallest absolute Gasteiger partial charge is 0.0169 e. The molecule has 3 rings (SSSR count). The molecule has 4 atom stereocenters. The molecule has 3 aliphatic rings. The van der Waals surface area contributed by atoms with Gasteiger partial charge in [-0.05, 0) is 81.0 Å². The van der Waals surface area contributed by atoms with Crippen LogP contribution < -0.4 is 0 Å². The third kappa shape index (κ3) is 3.26. The molecule has 0 heterocycles. The fourth-order valence-electron chi connectivity index (χ4n) is 5.32. The Morgan fingerprint density at radius 1 is 1.05 bits per heavy atom. The lowest BCUT2D eigenvalue weighted by Gasteiger charge is -2.33. The van der Waals surface area contributed by atoms with E-state index in [2.05, 4.69) is 39.5 Å². The third-order valence-corrected chi connectivity index (χ3v) is 6.78. The van der Waals surface area contributed by atoms with Crippen LogP contribution in [0.4, 0.5) is 0 Å². The Morgan fingerprint density at radius 2 is 1.86 bits per heavy atom. The Bertz CT molecular complexity index is 476. The van der Waals surface area contributed by atoms with E-state index in [4.69, 9.17) is 0 Å². The summed E-state index contributed by atoms with van der Waals surface area (Å²) in [5, 5.41) is 0. The summed E-state index contributed by atoms with van der Waals surface area (Å²) in [5.41, 5.74) is 4.90. The average molecular weight is 299 g/mol. The highest BCUT2D eigenvalue weighted by atomic mass is 14.4. The fraction of sp³-hybridized carbons (Fsp3) is 0.727. The van der Waals surface area contributed by atoms with Crippen LogP contribution in [0.2, 0.25) is 0 Å². The van der Waals surface area contributed by atoms with Gasteiger partial charge in [0.2, 0.25) is 0 Å². The molecule has 0 radical (unpaired) electrons. The number of hydrogen-bond acceptors (Lipinski definition) is 0. The van der Waals surface area contributed by atoms with E-state index >= 15 is 0 Å². The largest absolute Gasteiger partial charge is 0.0996 e. The van der Waals surface area contributed by atoms with Gasteiger partial charge in [-0.1, -0.05) is 56.2 Å². The first kappa shape index (κ1) is 16.1. The molecule has 0 aliphatic heterocycles. The average Bonchev–Trinajstić information content (AvgIpc) is 2.93. The van der Waals surface area contributed by atoms with Crippen LogP contribution in [0.15, 0.2) is 35.5 Å². The van der Waals surface area contributed by atoms with Crippen molar-refractivity contribution < 1.29 is 0 Å². The molecule has 0 spiro atoms. The zero-order valence-electron chi connectivity index (χ0n) is 14.9. The summed E-state index contributed by atoms with van der Waals surface area (Å²) >= 11 is 0. The molecule has 122 valence electrons. The van der Waals surface area contributed by atoms with Gasteiger partial charge in [0.25, 0.3) is 0 Å². The van der Waals surface area contributed by atoms with Crippen molar-refractivity contribution in [3.8, 4) is 0 Å². The van der Waals surface area contributed by atoms with E-state index in [1.165, 1.54) is 56.9 Å². The molecule has 0 aromatic rings. The molecular formula is C22H34. The SMILES string of the molecule is C=C1CC/C(=C/C=C2\CCCC3C(C(C)C)CC[C@@H]23)CC1C. The molecule has 0 saturated heterocycles. The van der Waals surface area contributed by atoms with Gasteiger partial charge in [-0.15, -0.1) is 0 Å². The minimum atomic E-state index is 0.689. The van der Waals surface area contributed by atoms with E-state index in [-0.39, 0.29) is 0 Å². The summed E-state index contributed by atoms with van der Waals surface area (Å²) in [6, 6.07) is 0. The lowest BCUT2D eigenvalue weighted by molar-refractivity contribution is 0.228. The molecule has 3 unspecified atom stereocenters. The van der Waals surface area contributed by atoms with E-state index in [1.807, 2.05) is 0 Å². The van der Waals surface area contributed by atoms with Crippen LogP contribution in [0, 0.1) is 29.6 Å². The highest BCUT2D eigenvalue weighted by Crippen LogP contribution is 2.50. The zero-order valence-corrected chi connectivity index (χ0v) is 14.9. The maximum atomic E-state index is 4.21. The first-order valence-electron chi connectivity index (χ1n) is 9.62. The molecular weight excluding hydrogens is 264 g/mol. The molecule has 0 aromatic heterocycles. The van der Waals surface area contributed by atoms with E-state index in [9.17, 15) is 0 Å². The van der Waals surface area contributed by atoms with Gasteiger partial charge in [0, 0.05) is 0 Å². The lowest BCUT2D eigenvalue weighted by Crippen LogP contribution is -2.23. The van der Waals surface area contributed by atoms with Crippen molar-refractivity contribution in [3.05, 3.63) is 35.5 Å². The molecule has 0 N–H and O–H groups in total. The van der Waals surface area contributed by atoms with Crippen molar-refractivity contribution in [1.82, 2.24) is 0 Å². The summed E-state index contributed by atoms with van der Waals surface area (Å²) in [6.07, 6.45) is 15.9. The summed E-state index contributed by atoms with van der Waals surface area (Å²) in [4.78, 5) is 0. The van der Waals surface area contributed by atoms with Crippen LogP contribution in [0.1, 0.15) is 72.1 Å². The lowest BCUT2D eigenvalue weighted by atomic mass is 9.72. The van der Waals surface area contributed by atoms with E-state index in [0.717, 1.165) is 23.7 Å². The van der Waals surface area contributed by atoms with Crippen LogP contribution in [0.3, 0.4) is 0 Å². The van der Waals surface area contributed by atoms with Crippen molar-refractivity contribution in [3.63, 3.8) is 0 Å². The van der Waals surface area contributed by atoms with Crippen molar-refractivity contribution in [2.24, 2.45) is 29.6 Å². The van der Waals surface area contributed by atoms with E-state index < -0.39 is 0 Å². The first-order valence-corrected chi connectivity index (χ1v) is 9.62. The molecule has 3 saturated carbocycles. The zero-order chi connectivity index (χ0) is 15.7. The number of hydrogen-bond donors (Lipinski definition) is 0. The van der Waals surface area contributed by atoms with Gasteiger partial charge in [-0.3, -0.25) is 0 Å². The maximum Gasteiger partial charge on any atom is -0.0169 e. The molecule has 0 aromatic carbocycles. The van der Waals surface area contributed by atoms with Gasteiger partial charge in [0.15, 0.2) is 0 Å². The second-order valence-electron chi connectivity index (χ2n) is 8.48. The van der Waals surface area contributed by atoms with Gasteiger partial charge in [0.1, 0.15) is 0 Å². The monoisotopic (exact) mass is 298 g/mol. The second kappa shape index (κ2) is 6.77. The molecule has 0 bridgehead atoms.